The second-order valence-electron chi connectivity index (χ2n) is 8.46. The standard InChI is InChI=1S/C22H29NO3/c1-3-4-5-12-25-18-9-6-14-13-16-15-7-8-17(24)21-22(15,10-11-23(16)2)19(14)20(18)26-21/h6-9,15-17,21,24H,3-5,10-13H2,1-2H3/t15-,16+,17-,21-,22-/m0/s1. The number of hydrogen-bond acceptors (Lipinski definition) is 4. The van der Waals surface area contributed by atoms with Crippen LogP contribution in [0, 0.1) is 5.92 Å². The third kappa shape index (κ3) is 2.09. The average Bonchev–Trinajstić information content (AvgIpc) is 3.00. The Kier molecular flexibility index (Phi) is 3.84. The molecular weight excluding hydrogens is 326 g/mol. The number of likely N-dealkylation sites (tertiary alicyclic amines) is 1. The van der Waals surface area contributed by atoms with Gasteiger partial charge in [0.25, 0.3) is 0 Å². The van der Waals surface area contributed by atoms with Gasteiger partial charge in [0.1, 0.15) is 12.2 Å². The number of nitrogens with zero attached hydrogens (tertiary/aromatic N) is 1. The summed E-state index contributed by atoms with van der Waals surface area (Å²) >= 11 is 0. The van der Waals surface area contributed by atoms with E-state index in [1.165, 1.54) is 24.0 Å². The Morgan fingerprint density at radius 2 is 2.19 bits per heavy atom. The normalized spacial score (nSPS) is 36.6. The zero-order chi connectivity index (χ0) is 17.9. The highest BCUT2D eigenvalue weighted by atomic mass is 16.5. The van der Waals surface area contributed by atoms with Crippen molar-refractivity contribution >= 4 is 0 Å². The van der Waals surface area contributed by atoms with E-state index in [0.29, 0.717) is 12.0 Å². The van der Waals surface area contributed by atoms with Gasteiger partial charge in [-0.1, -0.05) is 38.0 Å². The van der Waals surface area contributed by atoms with Crippen LogP contribution in [0.3, 0.4) is 0 Å². The molecule has 1 aromatic carbocycles. The zero-order valence-corrected chi connectivity index (χ0v) is 15.8. The van der Waals surface area contributed by atoms with Gasteiger partial charge in [-0.05, 0) is 44.5 Å². The number of aliphatic hydroxyl groups is 1. The summed E-state index contributed by atoms with van der Waals surface area (Å²) in [5.74, 6) is 2.20. The third-order valence-electron chi connectivity index (χ3n) is 7.14. The van der Waals surface area contributed by atoms with E-state index in [0.717, 1.165) is 43.9 Å². The van der Waals surface area contributed by atoms with E-state index in [2.05, 4.69) is 37.1 Å². The van der Waals surface area contributed by atoms with Crippen LogP contribution >= 0.6 is 0 Å². The minimum Gasteiger partial charge on any atom is -0.490 e. The maximum atomic E-state index is 10.7. The number of unbranched alkanes of at least 4 members (excludes halogenated alkanes) is 2. The molecule has 2 aliphatic heterocycles. The Morgan fingerprint density at radius 3 is 3.04 bits per heavy atom. The summed E-state index contributed by atoms with van der Waals surface area (Å²) < 4.78 is 12.6. The van der Waals surface area contributed by atoms with Crippen molar-refractivity contribution in [3.05, 3.63) is 35.4 Å². The van der Waals surface area contributed by atoms with E-state index in [4.69, 9.17) is 9.47 Å². The first-order valence-corrected chi connectivity index (χ1v) is 10.2. The lowest BCUT2D eigenvalue weighted by Crippen LogP contribution is -2.64. The SMILES string of the molecule is CCCCCOc1ccc2c3c1O[C@H]1[C@@H](O)C=C[C@H]4[C@@H](C2)N(C)CC[C@@]341. The lowest BCUT2D eigenvalue weighted by Gasteiger charge is -2.56. The fourth-order valence-corrected chi connectivity index (χ4v) is 5.88. The van der Waals surface area contributed by atoms with Gasteiger partial charge in [-0.3, -0.25) is 0 Å². The van der Waals surface area contributed by atoms with Gasteiger partial charge in [-0.2, -0.15) is 0 Å². The van der Waals surface area contributed by atoms with Crippen molar-refractivity contribution in [1.29, 1.82) is 0 Å². The van der Waals surface area contributed by atoms with E-state index in [-0.39, 0.29) is 11.5 Å². The zero-order valence-electron chi connectivity index (χ0n) is 15.8. The molecule has 4 nitrogen and oxygen atoms in total. The second kappa shape index (κ2) is 6.00. The number of likely N-dealkylation sites (N-methyl/N-ethyl adjacent to an activating group) is 1. The van der Waals surface area contributed by atoms with E-state index >= 15 is 0 Å². The first kappa shape index (κ1) is 16.6. The summed E-state index contributed by atoms with van der Waals surface area (Å²) in [6.07, 6.45) is 9.04. The summed E-state index contributed by atoms with van der Waals surface area (Å²) in [6, 6.07) is 4.83. The molecule has 0 amide bonds. The average molecular weight is 355 g/mol. The predicted molar refractivity (Wildman–Crippen MR) is 101 cm³/mol. The van der Waals surface area contributed by atoms with E-state index < -0.39 is 6.10 Å². The van der Waals surface area contributed by atoms with Crippen LogP contribution in [0.1, 0.15) is 43.7 Å². The number of hydrogen-bond donors (Lipinski definition) is 1. The molecule has 0 radical (unpaired) electrons. The van der Waals surface area contributed by atoms with Crippen LogP contribution in [0.5, 0.6) is 11.5 Å². The summed E-state index contributed by atoms with van der Waals surface area (Å²) in [5.41, 5.74) is 2.64. The molecule has 140 valence electrons. The molecule has 1 aromatic rings. The van der Waals surface area contributed by atoms with Gasteiger partial charge in [0.2, 0.25) is 0 Å². The minimum atomic E-state index is -0.540. The van der Waals surface area contributed by atoms with Crippen molar-refractivity contribution in [3.63, 3.8) is 0 Å². The Labute approximate surface area is 155 Å². The minimum absolute atomic E-state index is 0.0863. The first-order valence-electron chi connectivity index (χ1n) is 10.2. The Morgan fingerprint density at radius 1 is 1.31 bits per heavy atom. The molecule has 0 unspecified atom stereocenters. The number of rotatable bonds is 5. The number of piperidine rings is 1. The van der Waals surface area contributed by atoms with E-state index in [1.54, 1.807) is 0 Å². The van der Waals surface area contributed by atoms with Crippen molar-refractivity contribution in [3.8, 4) is 11.5 Å². The Balaban J connectivity index is 1.59. The number of aliphatic hydroxyl groups excluding tert-OH is 1. The lowest BCUT2D eigenvalue weighted by molar-refractivity contribution is -0.0454. The summed E-state index contributed by atoms with van der Waals surface area (Å²) in [4.78, 5) is 2.49. The molecule has 5 rings (SSSR count). The van der Waals surface area contributed by atoms with Crippen molar-refractivity contribution < 1.29 is 14.6 Å². The van der Waals surface area contributed by atoms with Gasteiger partial charge >= 0.3 is 0 Å². The molecule has 1 saturated heterocycles. The first-order chi connectivity index (χ1) is 12.7. The van der Waals surface area contributed by atoms with Gasteiger partial charge in [0.05, 0.1) is 6.61 Å². The van der Waals surface area contributed by atoms with Gasteiger partial charge < -0.3 is 19.5 Å². The van der Waals surface area contributed by atoms with Crippen LogP contribution in [0.25, 0.3) is 0 Å². The molecule has 2 heterocycles. The fraction of sp³-hybridized carbons (Fsp3) is 0.636. The molecule has 1 fully saturated rings. The largest absolute Gasteiger partial charge is 0.490 e. The molecular formula is C22H29NO3. The van der Waals surface area contributed by atoms with Crippen LogP contribution in [0.4, 0.5) is 0 Å². The molecule has 26 heavy (non-hydrogen) atoms. The van der Waals surface area contributed by atoms with Crippen LogP contribution in [0.15, 0.2) is 24.3 Å². The molecule has 4 heteroatoms. The van der Waals surface area contributed by atoms with Crippen LogP contribution in [-0.2, 0) is 11.8 Å². The molecule has 1 N–H and O–H groups in total. The predicted octanol–water partition coefficient (Wildman–Crippen LogP) is 3.06. The van der Waals surface area contributed by atoms with E-state index in [1.807, 2.05) is 6.08 Å². The van der Waals surface area contributed by atoms with Crippen molar-refractivity contribution in [2.24, 2.45) is 5.92 Å². The lowest BCUT2D eigenvalue weighted by atomic mass is 9.53. The monoisotopic (exact) mass is 355 g/mol. The maximum absolute atomic E-state index is 10.7. The van der Waals surface area contributed by atoms with E-state index in [9.17, 15) is 5.11 Å². The summed E-state index contributed by atoms with van der Waals surface area (Å²) in [6.45, 7) is 3.99. The van der Waals surface area contributed by atoms with Gasteiger partial charge in [-0.15, -0.1) is 0 Å². The summed E-state index contributed by atoms with van der Waals surface area (Å²) in [5, 5.41) is 10.7. The molecule has 2 aliphatic carbocycles. The summed E-state index contributed by atoms with van der Waals surface area (Å²) in [7, 11) is 2.23. The highest BCUT2D eigenvalue weighted by Gasteiger charge is 2.64. The molecule has 0 aromatic heterocycles. The quantitative estimate of drug-likeness (QED) is 0.651. The van der Waals surface area contributed by atoms with Crippen molar-refractivity contribution in [2.45, 2.75) is 62.7 Å². The highest BCUT2D eigenvalue weighted by molar-refractivity contribution is 5.62. The highest BCUT2D eigenvalue weighted by Crippen LogP contribution is 2.62. The Hall–Kier alpha value is -1.52. The number of benzene rings is 1. The topological polar surface area (TPSA) is 41.9 Å². The van der Waals surface area contributed by atoms with Crippen molar-refractivity contribution in [1.82, 2.24) is 4.90 Å². The Bertz CT molecular complexity index is 745. The van der Waals surface area contributed by atoms with Crippen LogP contribution in [0.2, 0.25) is 0 Å². The third-order valence-corrected chi connectivity index (χ3v) is 7.14. The second-order valence-corrected chi connectivity index (χ2v) is 8.46. The molecule has 0 saturated carbocycles. The smallest absolute Gasteiger partial charge is 0.165 e. The van der Waals surface area contributed by atoms with Gasteiger partial charge in [0, 0.05) is 22.9 Å². The molecule has 4 aliphatic rings. The van der Waals surface area contributed by atoms with Crippen LogP contribution < -0.4 is 9.47 Å². The number of ether oxygens (including phenoxy) is 2. The fourth-order valence-electron chi connectivity index (χ4n) is 5.88. The molecule has 2 bridgehead atoms. The molecule has 5 atom stereocenters. The van der Waals surface area contributed by atoms with Gasteiger partial charge in [-0.25, -0.2) is 0 Å². The van der Waals surface area contributed by atoms with Crippen molar-refractivity contribution in [2.75, 3.05) is 20.2 Å². The van der Waals surface area contributed by atoms with Crippen LogP contribution in [-0.4, -0.2) is 48.5 Å². The maximum Gasteiger partial charge on any atom is 0.165 e. The van der Waals surface area contributed by atoms with Gasteiger partial charge in [0.15, 0.2) is 11.5 Å². The molecule has 1 spiro atoms.